The molecule has 1 heterocycles. The van der Waals surface area contributed by atoms with Gasteiger partial charge in [-0.15, -0.1) is 0 Å². The minimum Gasteiger partial charge on any atom is -0.496 e. The molecule has 1 aromatic carbocycles. The molecule has 2 N–H and O–H groups in total. The highest BCUT2D eigenvalue weighted by Crippen LogP contribution is 2.24. The molecule has 1 aromatic rings. The van der Waals surface area contributed by atoms with Crippen LogP contribution in [-0.4, -0.2) is 63.4 Å². The van der Waals surface area contributed by atoms with Crippen LogP contribution in [0.3, 0.4) is 0 Å². The van der Waals surface area contributed by atoms with Crippen molar-refractivity contribution < 1.29 is 14.3 Å². The smallest absolute Gasteiger partial charge is 0.237 e. The molecule has 0 aliphatic carbocycles. The lowest BCUT2D eigenvalue weighted by molar-refractivity contribution is -0.123. The summed E-state index contributed by atoms with van der Waals surface area (Å²) in [6, 6.07) is 7.33. The number of carbonyl (C=O) groups excluding carboxylic acids is 1. The first-order valence-electron chi connectivity index (χ1n) is 8.48. The summed E-state index contributed by atoms with van der Waals surface area (Å²) >= 11 is 0. The maximum Gasteiger partial charge on any atom is 0.237 e. The Labute approximate surface area is 144 Å². The Bertz CT molecular complexity index is 538. The lowest BCUT2D eigenvalue weighted by atomic mass is 10.1. The molecule has 0 spiro atoms. The maximum atomic E-state index is 12.4. The quantitative estimate of drug-likeness (QED) is 0.783. The van der Waals surface area contributed by atoms with Crippen LogP contribution in [0.15, 0.2) is 24.3 Å². The summed E-state index contributed by atoms with van der Waals surface area (Å²) in [5.74, 6) is 0.752. The molecule has 6 nitrogen and oxygen atoms in total. The number of methoxy groups -OCH3 is 1. The van der Waals surface area contributed by atoms with Gasteiger partial charge in [0.25, 0.3) is 0 Å². The molecular formula is C18H29N3O3. The summed E-state index contributed by atoms with van der Waals surface area (Å²) in [6.45, 7) is 7.09. The number of benzene rings is 1. The fourth-order valence-corrected chi connectivity index (χ4v) is 2.83. The number of likely N-dealkylation sites (N-methyl/N-ethyl adjacent to an activating group) is 1. The van der Waals surface area contributed by atoms with Gasteiger partial charge in [-0.2, -0.15) is 0 Å². The first-order chi connectivity index (χ1) is 11.5. The number of hydrogen-bond donors (Lipinski definition) is 2. The van der Waals surface area contributed by atoms with Gasteiger partial charge in [-0.05, 0) is 27.0 Å². The average Bonchev–Trinajstić information content (AvgIpc) is 2.59. The fourth-order valence-electron chi connectivity index (χ4n) is 2.83. The van der Waals surface area contributed by atoms with Crippen molar-refractivity contribution in [1.29, 1.82) is 0 Å². The third-order valence-corrected chi connectivity index (χ3v) is 4.35. The number of para-hydroxylation sites is 1. The van der Waals surface area contributed by atoms with Gasteiger partial charge < -0.3 is 25.0 Å². The van der Waals surface area contributed by atoms with Crippen molar-refractivity contribution in [3.63, 3.8) is 0 Å². The van der Waals surface area contributed by atoms with E-state index in [1.165, 1.54) is 0 Å². The second-order valence-electron chi connectivity index (χ2n) is 6.36. The topological polar surface area (TPSA) is 62.8 Å². The number of nitrogens with one attached hydrogen (secondary N) is 2. The molecule has 0 aromatic heterocycles. The predicted octanol–water partition coefficient (Wildman–Crippen LogP) is 1.18. The number of carbonyl (C=O) groups is 1. The molecule has 0 radical (unpaired) electrons. The third-order valence-electron chi connectivity index (χ3n) is 4.35. The van der Waals surface area contributed by atoms with Crippen LogP contribution in [0.2, 0.25) is 0 Å². The molecule has 1 saturated heterocycles. The van der Waals surface area contributed by atoms with E-state index in [0.717, 1.165) is 31.0 Å². The summed E-state index contributed by atoms with van der Waals surface area (Å²) in [5.41, 5.74) is 0.970. The van der Waals surface area contributed by atoms with Crippen molar-refractivity contribution in [1.82, 2.24) is 15.5 Å². The summed E-state index contributed by atoms with van der Waals surface area (Å²) in [4.78, 5) is 14.6. The Morgan fingerprint density at radius 3 is 2.88 bits per heavy atom. The number of rotatable bonds is 7. The van der Waals surface area contributed by atoms with E-state index in [9.17, 15) is 4.79 Å². The van der Waals surface area contributed by atoms with Gasteiger partial charge in [-0.25, -0.2) is 0 Å². The molecule has 24 heavy (non-hydrogen) atoms. The number of nitrogens with zero attached hydrogens (tertiary/aromatic N) is 1. The van der Waals surface area contributed by atoms with Crippen molar-refractivity contribution in [2.75, 3.05) is 40.4 Å². The largest absolute Gasteiger partial charge is 0.496 e. The first-order valence-corrected chi connectivity index (χ1v) is 8.48. The highest BCUT2D eigenvalue weighted by atomic mass is 16.5. The van der Waals surface area contributed by atoms with Crippen LogP contribution >= 0.6 is 0 Å². The zero-order chi connectivity index (χ0) is 17.5. The van der Waals surface area contributed by atoms with Gasteiger partial charge in [0, 0.05) is 25.2 Å². The van der Waals surface area contributed by atoms with Crippen LogP contribution in [0.25, 0.3) is 0 Å². The molecule has 0 unspecified atom stereocenters. The molecule has 1 aliphatic heterocycles. The molecule has 1 amide bonds. The number of morpholine rings is 1. The minimum atomic E-state index is -0.280. The second kappa shape index (κ2) is 9.01. The Morgan fingerprint density at radius 1 is 1.42 bits per heavy atom. The normalized spacial score (nSPS) is 21.1. The Kier molecular flexibility index (Phi) is 7.02. The van der Waals surface area contributed by atoms with Crippen molar-refractivity contribution in [3.05, 3.63) is 29.8 Å². The van der Waals surface area contributed by atoms with Crippen LogP contribution in [0.4, 0.5) is 0 Å². The SMILES string of the molecule is COc1ccccc1[C@H](C)NC(=O)[C@@H](C)NC[C@@H]1CN(C)CCO1. The van der Waals surface area contributed by atoms with E-state index in [-0.39, 0.29) is 24.1 Å². The van der Waals surface area contributed by atoms with Gasteiger partial charge in [0.15, 0.2) is 0 Å². The zero-order valence-electron chi connectivity index (χ0n) is 15.0. The van der Waals surface area contributed by atoms with E-state index < -0.39 is 0 Å². The zero-order valence-corrected chi connectivity index (χ0v) is 15.0. The molecule has 6 heteroatoms. The fraction of sp³-hybridized carbons (Fsp3) is 0.611. The number of ether oxygens (including phenoxy) is 2. The Balaban J connectivity index is 1.82. The summed E-state index contributed by atoms with van der Waals surface area (Å²) in [7, 11) is 3.72. The van der Waals surface area contributed by atoms with Gasteiger partial charge >= 0.3 is 0 Å². The van der Waals surface area contributed by atoms with Crippen LogP contribution in [0.5, 0.6) is 5.75 Å². The second-order valence-corrected chi connectivity index (χ2v) is 6.36. The van der Waals surface area contributed by atoms with Gasteiger partial charge in [-0.3, -0.25) is 4.79 Å². The van der Waals surface area contributed by atoms with Gasteiger partial charge in [-0.1, -0.05) is 18.2 Å². The molecule has 2 rings (SSSR count). The van der Waals surface area contributed by atoms with E-state index in [2.05, 4.69) is 22.6 Å². The Hall–Kier alpha value is -1.63. The van der Waals surface area contributed by atoms with E-state index in [4.69, 9.17) is 9.47 Å². The van der Waals surface area contributed by atoms with Crippen LogP contribution in [-0.2, 0) is 9.53 Å². The van der Waals surface area contributed by atoms with E-state index in [1.54, 1.807) is 7.11 Å². The predicted molar refractivity (Wildman–Crippen MR) is 94.3 cm³/mol. The highest BCUT2D eigenvalue weighted by molar-refractivity contribution is 5.81. The summed E-state index contributed by atoms with van der Waals surface area (Å²) < 4.78 is 11.1. The lowest BCUT2D eigenvalue weighted by Gasteiger charge is -2.31. The van der Waals surface area contributed by atoms with Crippen molar-refractivity contribution in [3.8, 4) is 5.75 Å². The molecule has 1 fully saturated rings. The summed E-state index contributed by atoms with van der Waals surface area (Å²) in [5, 5.41) is 6.30. The standard InChI is InChI=1S/C18H29N3O3/c1-13(16-7-5-6-8-17(16)23-4)20-18(22)14(2)19-11-15-12-21(3)9-10-24-15/h5-8,13-15,19H,9-12H2,1-4H3,(H,20,22)/t13-,14+,15+/m0/s1. The van der Waals surface area contributed by atoms with E-state index >= 15 is 0 Å². The van der Waals surface area contributed by atoms with Crippen LogP contribution in [0, 0.1) is 0 Å². The molecule has 1 aliphatic rings. The molecule has 134 valence electrons. The molecular weight excluding hydrogens is 306 g/mol. The number of amides is 1. The van der Waals surface area contributed by atoms with Crippen molar-refractivity contribution in [2.45, 2.75) is 32.0 Å². The third kappa shape index (κ3) is 5.19. The van der Waals surface area contributed by atoms with Crippen LogP contribution < -0.4 is 15.4 Å². The van der Waals surface area contributed by atoms with Crippen LogP contribution in [0.1, 0.15) is 25.5 Å². The lowest BCUT2D eigenvalue weighted by Crippen LogP contribution is -2.49. The average molecular weight is 335 g/mol. The monoisotopic (exact) mass is 335 g/mol. The van der Waals surface area contributed by atoms with E-state index in [1.807, 2.05) is 38.1 Å². The van der Waals surface area contributed by atoms with Gasteiger partial charge in [0.1, 0.15) is 5.75 Å². The highest BCUT2D eigenvalue weighted by Gasteiger charge is 2.21. The number of hydrogen-bond acceptors (Lipinski definition) is 5. The maximum absolute atomic E-state index is 12.4. The molecule has 0 bridgehead atoms. The van der Waals surface area contributed by atoms with Crippen molar-refractivity contribution >= 4 is 5.91 Å². The van der Waals surface area contributed by atoms with Crippen molar-refractivity contribution in [2.24, 2.45) is 0 Å². The van der Waals surface area contributed by atoms with E-state index in [0.29, 0.717) is 6.54 Å². The summed E-state index contributed by atoms with van der Waals surface area (Å²) in [6.07, 6.45) is 0.130. The Morgan fingerprint density at radius 2 is 2.17 bits per heavy atom. The molecule has 0 saturated carbocycles. The first kappa shape index (κ1) is 18.7. The molecule has 3 atom stereocenters. The minimum absolute atomic E-state index is 0.0300. The van der Waals surface area contributed by atoms with Gasteiger partial charge in [0.2, 0.25) is 5.91 Å². The van der Waals surface area contributed by atoms with Gasteiger partial charge in [0.05, 0.1) is 31.9 Å².